The summed E-state index contributed by atoms with van der Waals surface area (Å²) in [5, 5.41) is 11.1. The summed E-state index contributed by atoms with van der Waals surface area (Å²) in [6.45, 7) is 3.19. The Kier molecular flexibility index (Phi) is 5.08. The summed E-state index contributed by atoms with van der Waals surface area (Å²) in [7, 11) is 0. The molecule has 26 heavy (non-hydrogen) atoms. The average molecular weight is 390 g/mol. The molecule has 0 aliphatic carbocycles. The summed E-state index contributed by atoms with van der Waals surface area (Å²) < 4.78 is 0. The fourth-order valence-electron chi connectivity index (χ4n) is 3.28. The van der Waals surface area contributed by atoms with Crippen molar-refractivity contribution in [1.29, 1.82) is 0 Å². The zero-order valence-electron chi connectivity index (χ0n) is 14.2. The molecule has 1 aliphatic rings. The first kappa shape index (κ1) is 18.5. The number of carbonyl (C=O) groups excluding carboxylic acids is 2. The maximum Gasteiger partial charge on any atom is 0.290 e. The average Bonchev–Trinajstić information content (AvgIpc) is 2.89. The molecule has 0 aromatic heterocycles. The monoisotopic (exact) mass is 389 g/mol. The van der Waals surface area contributed by atoms with Crippen molar-refractivity contribution in [2.75, 3.05) is 0 Å². The highest BCUT2D eigenvalue weighted by Gasteiger charge is 2.44. The van der Waals surface area contributed by atoms with Gasteiger partial charge in [-0.15, -0.1) is 0 Å². The summed E-state index contributed by atoms with van der Waals surface area (Å²) in [6, 6.07) is 13.3. The van der Waals surface area contributed by atoms with Gasteiger partial charge in [-0.25, -0.2) is 0 Å². The van der Waals surface area contributed by atoms with Crippen LogP contribution in [0.5, 0.6) is 0 Å². The van der Waals surface area contributed by atoms with E-state index in [0.717, 1.165) is 5.56 Å². The summed E-state index contributed by atoms with van der Waals surface area (Å²) in [5.74, 6) is -1.46. The Bertz CT molecular complexity index is 909. The van der Waals surface area contributed by atoms with E-state index in [1.807, 2.05) is 37.3 Å². The first-order chi connectivity index (χ1) is 12.3. The maximum absolute atomic E-state index is 12.8. The SMILES string of the molecule is CC(=O)C1=C(O)C(=O)N(C(C)c2ccccc2)C1c1ccc(Cl)c(Cl)c1. The van der Waals surface area contributed by atoms with Gasteiger partial charge in [0.05, 0.1) is 27.7 Å². The molecule has 1 aliphatic heterocycles. The van der Waals surface area contributed by atoms with E-state index < -0.39 is 17.7 Å². The third-order valence-electron chi connectivity index (χ3n) is 4.58. The van der Waals surface area contributed by atoms with Gasteiger partial charge in [0.25, 0.3) is 5.91 Å². The second-order valence-corrected chi connectivity index (χ2v) is 7.01. The minimum atomic E-state index is -0.732. The lowest BCUT2D eigenvalue weighted by Gasteiger charge is -2.32. The van der Waals surface area contributed by atoms with Crippen molar-refractivity contribution in [3.05, 3.63) is 81.0 Å². The second kappa shape index (κ2) is 7.14. The van der Waals surface area contributed by atoms with Gasteiger partial charge in [0.1, 0.15) is 0 Å². The molecule has 4 nitrogen and oxygen atoms in total. The van der Waals surface area contributed by atoms with Crippen molar-refractivity contribution in [3.8, 4) is 0 Å². The molecule has 0 radical (unpaired) electrons. The van der Waals surface area contributed by atoms with Gasteiger partial charge in [0.15, 0.2) is 11.5 Å². The van der Waals surface area contributed by atoms with Crippen LogP contribution in [0, 0.1) is 0 Å². The molecule has 0 saturated heterocycles. The fourth-order valence-corrected chi connectivity index (χ4v) is 3.59. The summed E-state index contributed by atoms with van der Waals surface area (Å²) in [6.07, 6.45) is 0. The number of Topliss-reactive ketones (excluding diaryl/α,β-unsaturated/α-hetero) is 1. The molecule has 0 bridgehead atoms. The number of benzene rings is 2. The van der Waals surface area contributed by atoms with Crippen molar-refractivity contribution >= 4 is 34.9 Å². The van der Waals surface area contributed by atoms with Gasteiger partial charge in [-0.2, -0.15) is 0 Å². The van der Waals surface area contributed by atoms with Crippen molar-refractivity contribution in [2.45, 2.75) is 25.9 Å². The predicted molar refractivity (Wildman–Crippen MR) is 101 cm³/mol. The van der Waals surface area contributed by atoms with Crippen LogP contribution < -0.4 is 0 Å². The smallest absolute Gasteiger partial charge is 0.290 e. The minimum Gasteiger partial charge on any atom is -0.503 e. The zero-order valence-corrected chi connectivity index (χ0v) is 15.8. The molecule has 1 heterocycles. The second-order valence-electron chi connectivity index (χ2n) is 6.19. The van der Waals surface area contributed by atoms with Crippen LogP contribution in [-0.4, -0.2) is 21.7 Å². The molecule has 2 aromatic carbocycles. The molecular weight excluding hydrogens is 373 g/mol. The van der Waals surface area contributed by atoms with Gasteiger partial charge in [-0.1, -0.05) is 59.6 Å². The molecule has 1 amide bonds. The Morgan fingerprint density at radius 2 is 1.77 bits per heavy atom. The van der Waals surface area contributed by atoms with Crippen molar-refractivity contribution in [1.82, 2.24) is 4.90 Å². The van der Waals surface area contributed by atoms with Gasteiger partial charge in [0.2, 0.25) is 0 Å². The Labute approximate surface area is 161 Å². The Morgan fingerprint density at radius 3 is 2.35 bits per heavy atom. The number of nitrogens with zero attached hydrogens (tertiary/aromatic N) is 1. The molecule has 6 heteroatoms. The van der Waals surface area contributed by atoms with Crippen LogP contribution in [0.3, 0.4) is 0 Å². The topological polar surface area (TPSA) is 57.6 Å². The van der Waals surface area contributed by atoms with Crippen LogP contribution in [0.4, 0.5) is 0 Å². The lowest BCUT2D eigenvalue weighted by molar-refractivity contribution is -0.131. The number of aliphatic hydroxyl groups is 1. The zero-order chi connectivity index (χ0) is 19.0. The molecule has 2 atom stereocenters. The number of hydrogen-bond donors (Lipinski definition) is 1. The molecule has 2 unspecified atom stereocenters. The van der Waals surface area contributed by atoms with E-state index in [4.69, 9.17) is 23.2 Å². The van der Waals surface area contributed by atoms with Gasteiger partial charge in [0, 0.05) is 0 Å². The standard InChI is InChI=1S/C20H17Cl2NO3/c1-11(13-6-4-3-5-7-13)23-18(14-8-9-15(21)16(22)10-14)17(12(2)24)19(25)20(23)26/h3-11,18,25H,1-2H3. The molecule has 1 N–H and O–H groups in total. The van der Waals surface area contributed by atoms with Crippen LogP contribution in [0.2, 0.25) is 10.0 Å². The van der Waals surface area contributed by atoms with Gasteiger partial charge in [-0.05, 0) is 37.1 Å². The predicted octanol–water partition coefficient (Wildman–Crippen LogP) is 5.04. The van der Waals surface area contributed by atoms with Crippen LogP contribution in [-0.2, 0) is 9.59 Å². The van der Waals surface area contributed by atoms with Crippen molar-refractivity contribution in [2.24, 2.45) is 0 Å². The number of ketones is 1. The van der Waals surface area contributed by atoms with E-state index in [0.29, 0.717) is 15.6 Å². The third kappa shape index (κ3) is 3.11. The van der Waals surface area contributed by atoms with E-state index in [1.165, 1.54) is 11.8 Å². The lowest BCUT2D eigenvalue weighted by Crippen LogP contribution is -2.33. The normalized spacial score (nSPS) is 18.4. The largest absolute Gasteiger partial charge is 0.503 e. The lowest BCUT2D eigenvalue weighted by atomic mass is 9.95. The Hall–Kier alpha value is -2.30. The van der Waals surface area contributed by atoms with Crippen LogP contribution in [0.15, 0.2) is 59.9 Å². The number of carbonyl (C=O) groups is 2. The van der Waals surface area contributed by atoms with E-state index in [1.54, 1.807) is 18.2 Å². The molecular formula is C20H17Cl2NO3. The summed E-state index contributed by atoms with van der Waals surface area (Å²) in [5.41, 5.74) is 1.57. The molecule has 134 valence electrons. The number of rotatable bonds is 4. The first-order valence-corrected chi connectivity index (χ1v) is 8.85. The highest BCUT2D eigenvalue weighted by molar-refractivity contribution is 6.42. The van der Waals surface area contributed by atoms with Crippen LogP contribution >= 0.6 is 23.2 Å². The van der Waals surface area contributed by atoms with Crippen molar-refractivity contribution in [3.63, 3.8) is 0 Å². The molecule has 2 aromatic rings. The highest BCUT2D eigenvalue weighted by atomic mass is 35.5. The van der Waals surface area contributed by atoms with Crippen LogP contribution in [0.1, 0.15) is 37.1 Å². The molecule has 0 fully saturated rings. The first-order valence-electron chi connectivity index (χ1n) is 8.09. The summed E-state index contributed by atoms with van der Waals surface area (Å²) in [4.78, 5) is 26.5. The maximum atomic E-state index is 12.8. The van der Waals surface area contributed by atoms with E-state index in [2.05, 4.69) is 0 Å². The van der Waals surface area contributed by atoms with E-state index >= 15 is 0 Å². The number of halogens is 2. The van der Waals surface area contributed by atoms with Gasteiger partial charge < -0.3 is 10.0 Å². The van der Waals surface area contributed by atoms with E-state index in [-0.39, 0.29) is 17.4 Å². The minimum absolute atomic E-state index is 0.0659. The fraction of sp³-hybridized carbons (Fsp3) is 0.200. The third-order valence-corrected chi connectivity index (χ3v) is 5.32. The van der Waals surface area contributed by atoms with Gasteiger partial charge in [-0.3, -0.25) is 9.59 Å². The Balaban J connectivity index is 2.14. The van der Waals surface area contributed by atoms with Crippen LogP contribution in [0.25, 0.3) is 0 Å². The van der Waals surface area contributed by atoms with Gasteiger partial charge >= 0.3 is 0 Å². The number of amides is 1. The van der Waals surface area contributed by atoms with Crippen molar-refractivity contribution < 1.29 is 14.7 Å². The quantitative estimate of drug-likeness (QED) is 0.796. The number of hydrogen-bond acceptors (Lipinski definition) is 3. The Morgan fingerprint density at radius 1 is 1.12 bits per heavy atom. The summed E-state index contributed by atoms with van der Waals surface area (Å²) >= 11 is 12.1. The molecule has 0 spiro atoms. The highest BCUT2D eigenvalue weighted by Crippen LogP contribution is 2.43. The van der Waals surface area contributed by atoms with E-state index in [9.17, 15) is 14.7 Å². The molecule has 0 saturated carbocycles. The molecule has 3 rings (SSSR count). The number of aliphatic hydroxyl groups excluding tert-OH is 1.